The lowest BCUT2D eigenvalue weighted by atomic mass is 10.2. The van der Waals surface area contributed by atoms with Crippen molar-refractivity contribution in [3.8, 4) is 0 Å². The molecule has 0 heterocycles. The maximum atomic E-state index is 9.24. The van der Waals surface area contributed by atoms with Crippen LogP contribution >= 0.6 is 0 Å². The molecule has 0 rings (SSSR count). The SMILES string of the molecule is [B]CS(=O)[O-]. The molecule has 0 aromatic heterocycles. The molecule has 4 heteroatoms. The summed E-state index contributed by atoms with van der Waals surface area (Å²) >= 11 is -2.04. The number of rotatable bonds is 1. The Kier molecular flexibility index (Phi) is 2.50. The fourth-order valence-electron chi connectivity index (χ4n) is 0. The van der Waals surface area contributed by atoms with Crippen LogP contribution in [0.4, 0.5) is 0 Å². The molecule has 1 unspecified atom stereocenters. The van der Waals surface area contributed by atoms with Crippen LogP contribution in [0.25, 0.3) is 0 Å². The van der Waals surface area contributed by atoms with Crippen LogP contribution in [0.1, 0.15) is 0 Å². The van der Waals surface area contributed by atoms with E-state index in [2.05, 4.69) is 7.85 Å². The van der Waals surface area contributed by atoms with Gasteiger partial charge in [-0.05, 0) is 5.65 Å². The number of hydrogen-bond acceptors (Lipinski definition) is 2. The molecule has 28 valence electrons. The Labute approximate surface area is 34.3 Å². The minimum absolute atomic E-state index is 0.278. The zero-order chi connectivity index (χ0) is 4.28. The molecule has 0 aromatic rings. The van der Waals surface area contributed by atoms with E-state index in [-0.39, 0.29) is 5.65 Å². The van der Waals surface area contributed by atoms with E-state index in [0.717, 1.165) is 0 Å². The van der Waals surface area contributed by atoms with Crippen LogP contribution in [-0.2, 0) is 11.1 Å². The molecule has 2 radical (unpaired) electrons. The maximum Gasteiger partial charge on any atom is 0.0818 e. The summed E-state index contributed by atoms with van der Waals surface area (Å²) in [4.78, 5) is 0. The monoisotopic (exact) mass is 89.0 g/mol. The molecule has 0 spiro atoms. The van der Waals surface area contributed by atoms with Crippen molar-refractivity contribution >= 4 is 18.9 Å². The van der Waals surface area contributed by atoms with Gasteiger partial charge in [0.15, 0.2) is 0 Å². The molecular weight excluding hydrogens is 86.9 g/mol. The maximum absolute atomic E-state index is 9.24. The Balaban J connectivity index is 2.85. The Morgan fingerprint density at radius 2 is 2.20 bits per heavy atom. The summed E-state index contributed by atoms with van der Waals surface area (Å²) in [6.07, 6.45) is 0. The molecule has 0 amide bonds. The highest BCUT2D eigenvalue weighted by Crippen LogP contribution is 1.58. The minimum atomic E-state index is -2.04. The van der Waals surface area contributed by atoms with E-state index in [1.165, 1.54) is 0 Å². The first-order chi connectivity index (χ1) is 2.27. The van der Waals surface area contributed by atoms with Gasteiger partial charge in [0, 0.05) is 0 Å². The topological polar surface area (TPSA) is 40.1 Å². The molecule has 1 atom stereocenters. The minimum Gasteiger partial charge on any atom is -0.773 e. The van der Waals surface area contributed by atoms with Gasteiger partial charge in [-0.2, -0.15) is 0 Å². The highest BCUT2D eigenvalue weighted by molar-refractivity contribution is 7.80. The summed E-state index contributed by atoms with van der Waals surface area (Å²) in [6.45, 7) is 0. The van der Waals surface area contributed by atoms with Crippen molar-refractivity contribution in [3.63, 3.8) is 0 Å². The molecule has 0 aromatic carbocycles. The largest absolute Gasteiger partial charge is 0.773 e. The second-order valence-corrected chi connectivity index (χ2v) is 1.41. The molecule has 0 fully saturated rings. The molecule has 0 aliphatic heterocycles. The molecule has 0 bridgehead atoms. The average molecular weight is 88.9 g/mol. The third-order valence-electron chi connectivity index (χ3n) is 0.136. The van der Waals surface area contributed by atoms with E-state index >= 15 is 0 Å². The van der Waals surface area contributed by atoms with E-state index in [9.17, 15) is 8.76 Å². The van der Waals surface area contributed by atoms with Crippen molar-refractivity contribution in [2.24, 2.45) is 0 Å². The first-order valence-corrected chi connectivity index (χ1v) is 2.27. The Bertz CT molecular complexity index is 44.9. The van der Waals surface area contributed by atoms with Crippen LogP contribution in [0.5, 0.6) is 0 Å². The summed E-state index contributed by atoms with van der Waals surface area (Å²) in [7, 11) is 4.56. The highest BCUT2D eigenvalue weighted by atomic mass is 32.2. The van der Waals surface area contributed by atoms with Crippen molar-refractivity contribution in [1.29, 1.82) is 0 Å². The number of hydrogen-bond donors (Lipinski definition) is 0. The van der Waals surface area contributed by atoms with Crippen molar-refractivity contribution in [2.45, 2.75) is 0 Å². The quantitative estimate of drug-likeness (QED) is 0.305. The predicted octanol–water partition coefficient (Wildman–Crippen LogP) is -1.01. The van der Waals surface area contributed by atoms with Crippen LogP contribution in [-0.4, -0.2) is 22.3 Å². The Hall–Kier alpha value is 0.175. The molecule has 0 aliphatic carbocycles. The van der Waals surface area contributed by atoms with Crippen molar-refractivity contribution in [2.75, 3.05) is 5.65 Å². The Morgan fingerprint density at radius 3 is 2.20 bits per heavy atom. The van der Waals surface area contributed by atoms with E-state index < -0.39 is 11.1 Å². The standard InChI is InChI=1S/CH3BO2S/c2-1-5(3)4/h1H2,(H,3,4)/p-1. The molecule has 0 saturated heterocycles. The zero-order valence-electron chi connectivity index (χ0n) is 2.51. The fourth-order valence-corrected chi connectivity index (χ4v) is 0. The summed E-state index contributed by atoms with van der Waals surface area (Å²) in [5.41, 5.74) is -0.278. The van der Waals surface area contributed by atoms with Crippen LogP contribution in [0.3, 0.4) is 0 Å². The van der Waals surface area contributed by atoms with E-state index in [1.807, 2.05) is 0 Å². The lowest BCUT2D eigenvalue weighted by Crippen LogP contribution is -1.91. The van der Waals surface area contributed by atoms with E-state index in [1.54, 1.807) is 0 Å². The third-order valence-corrected chi connectivity index (χ3v) is 0.408. The van der Waals surface area contributed by atoms with Gasteiger partial charge in [0.25, 0.3) is 0 Å². The third kappa shape index (κ3) is 4.17. The molecule has 2 nitrogen and oxygen atoms in total. The summed E-state index contributed by atoms with van der Waals surface area (Å²) in [5.74, 6) is 0. The smallest absolute Gasteiger partial charge is 0.0818 e. The molecule has 5 heavy (non-hydrogen) atoms. The molecule has 0 N–H and O–H groups in total. The lowest BCUT2D eigenvalue weighted by Gasteiger charge is -1.93. The van der Waals surface area contributed by atoms with Crippen LogP contribution < -0.4 is 0 Å². The van der Waals surface area contributed by atoms with Crippen molar-refractivity contribution in [3.05, 3.63) is 0 Å². The van der Waals surface area contributed by atoms with E-state index in [4.69, 9.17) is 0 Å². The Morgan fingerprint density at radius 1 is 2.00 bits per heavy atom. The van der Waals surface area contributed by atoms with Gasteiger partial charge in [-0.1, -0.05) is 11.1 Å². The summed E-state index contributed by atoms with van der Waals surface area (Å²) in [6, 6.07) is 0. The van der Waals surface area contributed by atoms with Gasteiger partial charge in [0.1, 0.15) is 0 Å². The average Bonchev–Trinajstić information content (AvgIpc) is 1.38. The van der Waals surface area contributed by atoms with Gasteiger partial charge in [0.05, 0.1) is 7.85 Å². The zero-order valence-corrected chi connectivity index (χ0v) is 3.33. The summed E-state index contributed by atoms with van der Waals surface area (Å²) < 4.78 is 18.5. The van der Waals surface area contributed by atoms with Gasteiger partial charge in [-0.3, -0.25) is 4.21 Å². The fraction of sp³-hybridized carbons (Fsp3) is 1.00. The molecular formula is CH2BO2S-. The first kappa shape index (κ1) is 5.17. The van der Waals surface area contributed by atoms with Crippen molar-refractivity contribution in [1.82, 2.24) is 0 Å². The predicted molar refractivity (Wildman–Crippen MR) is 19.5 cm³/mol. The van der Waals surface area contributed by atoms with Gasteiger partial charge in [-0.15, -0.1) is 0 Å². The van der Waals surface area contributed by atoms with Gasteiger partial charge in [0.2, 0.25) is 0 Å². The lowest BCUT2D eigenvalue weighted by molar-refractivity contribution is 0.542. The summed E-state index contributed by atoms with van der Waals surface area (Å²) in [5, 5.41) is 0. The second kappa shape index (κ2) is 2.41. The first-order valence-electron chi connectivity index (χ1n) is 1.03. The van der Waals surface area contributed by atoms with Crippen LogP contribution in [0.2, 0.25) is 0 Å². The van der Waals surface area contributed by atoms with Crippen molar-refractivity contribution < 1.29 is 8.76 Å². The normalized spacial score (nSPS) is 14.6. The van der Waals surface area contributed by atoms with Gasteiger partial charge >= 0.3 is 0 Å². The van der Waals surface area contributed by atoms with Crippen LogP contribution in [0, 0.1) is 0 Å². The van der Waals surface area contributed by atoms with Gasteiger partial charge in [-0.25, -0.2) is 0 Å². The van der Waals surface area contributed by atoms with E-state index in [0.29, 0.717) is 0 Å². The second-order valence-electron chi connectivity index (χ2n) is 0.470. The molecule has 0 saturated carbocycles. The highest BCUT2D eigenvalue weighted by Gasteiger charge is 1.62. The molecule has 0 aliphatic rings. The van der Waals surface area contributed by atoms with Gasteiger partial charge < -0.3 is 4.55 Å². The van der Waals surface area contributed by atoms with Crippen LogP contribution in [0.15, 0.2) is 0 Å².